The van der Waals surface area contributed by atoms with E-state index in [9.17, 15) is 5.11 Å². The van der Waals surface area contributed by atoms with Gasteiger partial charge in [-0.3, -0.25) is 0 Å². The number of hydrogen-bond donors (Lipinski definition) is 2. The van der Waals surface area contributed by atoms with Crippen LogP contribution >= 0.6 is 0 Å². The molecule has 1 rings (SSSR count). The van der Waals surface area contributed by atoms with Gasteiger partial charge in [0, 0.05) is 13.1 Å². The quantitative estimate of drug-likeness (QED) is 0.712. The Morgan fingerprint density at radius 1 is 1.29 bits per heavy atom. The molecular weight excluding hydrogens is 214 g/mol. The number of ether oxygens (including phenoxy) is 1. The van der Waals surface area contributed by atoms with Gasteiger partial charge in [-0.15, -0.1) is 0 Å². The molecule has 0 saturated heterocycles. The van der Waals surface area contributed by atoms with E-state index in [1.54, 1.807) is 0 Å². The van der Waals surface area contributed by atoms with E-state index in [0.717, 1.165) is 12.1 Å². The van der Waals surface area contributed by atoms with Crippen LogP contribution < -0.4 is 5.32 Å². The molecular formula is C14H23NO2. The summed E-state index contributed by atoms with van der Waals surface area (Å²) in [6.07, 6.45) is 0.256. The van der Waals surface area contributed by atoms with E-state index < -0.39 is 5.60 Å². The molecule has 0 fully saturated rings. The number of nitrogens with one attached hydrogen (secondary N) is 1. The first-order chi connectivity index (χ1) is 8.02. The number of hydrogen-bond acceptors (Lipinski definition) is 3. The van der Waals surface area contributed by atoms with Gasteiger partial charge in [0.25, 0.3) is 0 Å². The molecule has 17 heavy (non-hydrogen) atoms. The molecule has 1 unspecified atom stereocenters. The zero-order valence-corrected chi connectivity index (χ0v) is 10.9. The fraction of sp³-hybridized carbons (Fsp3) is 0.571. The standard InChI is InChI=1S/C14H23NO2/c1-12(2)17-10-9-15-11-14(3,16)13-7-5-4-6-8-13/h4-8,12,15-16H,9-11H2,1-3H3. The van der Waals surface area contributed by atoms with Crippen molar-refractivity contribution in [2.24, 2.45) is 0 Å². The van der Waals surface area contributed by atoms with E-state index in [2.05, 4.69) is 5.32 Å². The zero-order valence-electron chi connectivity index (χ0n) is 10.9. The van der Waals surface area contributed by atoms with Gasteiger partial charge in [-0.2, -0.15) is 0 Å². The topological polar surface area (TPSA) is 41.5 Å². The van der Waals surface area contributed by atoms with Crippen LogP contribution in [0.15, 0.2) is 30.3 Å². The summed E-state index contributed by atoms with van der Waals surface area (Å²) in [4.78, 5) is 0. The van der Waals surface area contributed by atoms with Crippen molar-refractivity contribution in [1.29, 1.82) is 0 Å². The van der Waals surface area contributed by atoms with Crippen LogP contribution in [0.5, 0.6) is 0 Å². The van der Waals surface area contributed by atoms with Gasteiger partial charge >= 0.3 is 0 Å². The van der Waals surface area contributed by atoms with Crippen molar-refractivity contribution in [3.05, 3.63) is 35.9 Å². The molecule has 0 saturated carbocycles. The maximum absolute atomic E-state index is 10.3. The monoisotopic (exact) mass is 237 g/mol. The molecule has 0 aromatic heterocycles. The van der Waals surface area contributed by atoms with Gasteiger partial charge in [0.15, 0.2) is 0 Å². The van der Waals surface area contributed by atoms with Crippen LogP contribution in [0, 0.1) is 0 Å². The smallest absolute Gasteiger partial charge is 0.0992 e. The molecule has 0 aliphatic heterocycles. The highest BCUT2D eigenvalue weighted by molar-refractivity contribution is 5.21. The summed E-state index contributed by atoms with van der Waals surface area (Å²) in [5, 5.41) is 13.5. The normalized spacial score (nSPS) is 14.9. The van der Waals surface area contributed by atoms with Gasteiger partial charge in [0.1, 0.15) is 0 Å². The molecule has 2 N–H and O–H groups in total. The summed E-state index contributed by atoms with van der Waals surface area (Å²) in [6.45, 7) is 7.79. The van der Waals surface area contributed by atoms with Crippen molar-refractivity contribution >= 4 is 0 Å². The summed E-state index contributed by atoms with van der Waals surface area (Å²) < 4.78 is 5.42. The molecule has 1 aromatic rings. The third-order valence-corrected chi connectivity index (χ3v) is 2.59. The first-order valence-corrected chi connectivity index (χ1v) is 6.12. The molecule has 0 bridgehead atoms. The van der Waals surface area contributed by atoms with Crippen LogP contribution in [-0.2, 0) is 10.3 Å². The van der Waals surface area contributed by atoms with Crippen LogP contribution in [0.3, 0.4) is 0 Å². The van der Waals surface area contributed by atoms with Crippen molar-refractivity contribution < 1.29 is 9.84 Å². The summed E-state index contributed by atoms with van der Waals surface area (Å²) >= 11 is 0. The van der Waals surface area contributed by atoms with E-state index in [1.807, 2.05) is 51.1 Å². The molecule has 1 atom stereocenters. The SMILES string of the molecule is CC(C)OCCNCC(C)(O)c1ccccc1. The predicted octanol–water partition coefficient (Wildman–Crippen LogP) is 1.91. The van der Waals surface area contributed by atoms with Gasteiger partial charge < -0.3 is 15.2 Å². The molecule has 0 spiro atoms. The molecule has 3 heteroatoms. The average Bonchev–Trinajstić information content (AvgIpc) is 2.29. The zero-order chi connectivity index (χ0) is 12.7. The minimum absolute atomic E-state index is 0.256. The highest BCUT2D eigenvalue weighted by Gasteiger charge is 2.21. The summed E-state index contributed by atoms with van der Waals surface area (Å²) in [7, 11) is 0. The maximum atomic E-state index is 10.3. The first-order valence-electron chi connectivity index (χ1n) is 6.12. The molecule has 0 heterocycles. The van der Waals surface area contributed by atoms with Crippen molar-refractivity contribution in [1.82, 2.24) is 5.32 Å². The third kappa shape index (κ3) is 5.31. The molecule has 0 radical (unpaired) electrons. The maximum Gasteiger partial charge on any atom is 0.0992 e. The molecule has 1 aromatic carbocycles. The van der Waals surface area contributed by atoms with Gasteiger partial charge in [0.05, 0.1) is 18.3 Å². The van der Waals surface area contributed by atoms with Crippen molar-refractivity contribution in [3.8, 4) is 0 Å². The Hall–Kier alpha value is -0.900. The molecule has 3 nitrogen and oxygen atoms in total. The number of rotatable bonds is 7. The number of benzene rings is 1. The Morgan fingerprint density at radius 2 is 1.94 bits per heavy atom. The largest absolute Gasteiger partial charge is 0.384 e. The Labute approximate surface area is 104 Å². The second kappa shape index (κ2) is 6.74. The summed E-state index contributed by atoms with van der Waals surface area (Å²) in [5.74, 6) is 0. The van der Waals surface area contributed by atoms with Gasteiger partial charge in [-0.05, 0) is 26.3 Å². The molecule has 0 amide bonds. The van der Waals surface area contributed by atoms with E-state index >= 15 is 0 Å². The van der Waals surface area contributed by atoms with Gasteiger partial charge in [0.2, 0.25) is 0 Å². The van der Waals surface area contributed by atoms with Crippen LogP contribution in [0.2, 0.25) is 0 Å². The van der Waals surface area contributed by atoms with E-state index in [-0.39, 0.29) is 6.10 Å². The Balaban J connectivity index is 2.30. The van der Waals surface area contributed by atoms with E-state index in [4.69, 9.17) is 4.74 Å². The van der Waals surface area contributed by atoms with Crippen LogP contribution in [-0.4, -0.2) is 30.9 Å². The lowest BCUT2D eigenvalue weighted by atomic mass is 9.96. The summed E-state index contributed by atoms with van der Waals surface area (Å²) in [6, 6.07) is 9.69. The Kier molecular flexibility index (Phi) is 5.62. The molecule has 0 aliphatic rings. The Bertz CT molecular complexity index is 309. The fourth-order valence-electron chi connectivity index (χ4n) is 1.60. The lowest BCUT2D eigenvalue weighted by Gasteiger charge is -2.24. The van der Waals surface area contributed by atoms with Gasteiger partial charge in [-0.25, -0.2) is 0 Å². The van der Waals surface area contributed by atoms with Crippen LogP contribution in [0.25, 0.3) is 0 Å². The fourth-order valence-corrected chi connectivity index (χ4v) is 1.60. The highest BCUT2D eigenvalue weighted by atomic mass is 16.5. The second-order valence-corrected chi connectivity index (χ2v) is 4.74. The lowest BCUT2D eigenvalue weighted by molar-refractivity contribution is 0.0477. The molecule has 0 aliphatic carbocycles. The van der Waals surface area contributed by atoms with Crippen molar-refractivity contribution in [2.45, 2.75) is 32.5 Å². The van der Waals surface area contributed by atoms with Crippen LogP contribution in [0.1, 0.15) is 26.3 Å². The van der Waals surface area contributed by atoms with Crippen molar-refractivity contribution in [3.63, 3.8) is 0 Å². The van der Waals surface area contributed by atoms with Crippen LogP contribution in [0.4, 0.5) is 0 Å². The van der Waals surface area contributed by atoms with Crippen molar-refractivity contribution in [2.75, 3.05) is 19.7 Å². The third-order valence-electron chi connectivity index (χ3n) is 2.59. The second-order valence-electron chi connectivity index (χ2n) is 4.74. The summed E-state index contributed by atoms with van der Waals surface area (Å²) in [5.41, 5.74) is 0.0938. The average molecular weight is 237 g/mol. The van der Waals surface area contributed by atoms with Gasteiger partial charge in [-0.1, -0.05) is 30.3 Å². The molecule has 96 valence electrons. The minimum Gasteiger partial charge on any atom is -0.384 e. The van der Waals surface area contributed by atoms with E-state index in [1.165, 1.54) is 0 Å². The van der Waals surface area contributed by atoms with E-state index in [0.29, 0.717) is 13.2 Å². The highest BCUT2D eigenvalue weighted by Crippen LogP contribution is 2.18. The predicted molar refractivity (Wildman–Crippen MR) is 70.0 cm³/mol. The first kappa shape index (κ1) is 14.2. The lowest BCUT2D eigenvalue weighted by Crippen LogP contribution is -2.37. The number of aliphatic hydroxyl groups is 1. The minimum atomic E-state index is -0.834. The Morgan fingerprint density at radius 3 is 2.53 bits per heavy atom.